The van der Waals surface area contributed by atoms with E-state index >= 15 is 0 Å². The summed E-state index contributed by atoms with van der Waals surface area (Å²) >= 11 is 0. The normalized spacial score (nSPS) is 12.0. The highest BCUT2D eigenvalue weighted by atomic mass is 16.1. The van der Waals surface area contributed by atoms with E-state index < -0.39 is 0 Å². The molecule has 0 fully saturated rings. The number of hydrogen-bond acceptors (Lipinski definition) is 2. The average molecular weight is 304 g/mol. The van der Waals surface area contributed by atoms with E-state index in [1.807, 2.05) is 0 Å². The average Bonchev–Trinajstić information content (AvgIpc) is 2.36. The first kappa shape index (κ1) is 18.7. The molecule has 3 nitrogen and oxygen atoms in total. The molecule has 2 N–H and O–H groups in total. The summed E-state index contributed by atoms with van der Waals surface area (Å²) in [7, 11) is 0. The summed E-state index contributed by atoms with van der Waals surface area (Å²) < 4.78 is 0. The van der Waals surface area contributed by atoms with Gasteiger partial charge in [-0.05, 0) is 43.7 Å². The number of anilines is 1. The second-order valence-corrected chi connectivity index (χ2v) is 7.60. The fourth-order valence-electron chi connectivity index (χ4n) is 2.45. The monoisotopic (exact) mass is 304 g/mol. The molecule has 1 rings (SSSR count). The van der Waals surface area contributed by atoms with Crippen molar-refractivity contribution >= 4 is 11.6 Å². The Kier molecular flexibility index (Phi) is 6.61. The molecule has 0 radical (unpaired) electrons. The van der Waals surface area contributed by atoms with Gasteiger partial charge in [-0.3, -0.25) is 4.79 Å². The molecule has 3 heteroatoms. The van der Waals surface area contributed by atoms with Crippen molar-refractivity contribution in [1.82, 2.24) is 5.32 Å². The summed E-state index contributed by atoms with van der Waals surface area (Å²) in [5.74, 6) is 0.857. The van der Waals surface area contributed by atoms with Crippen molar-refractivity contribution in [2.24, 2.45) is 0 Å². The van der Waals surface area contributed by atoms with Crippen LogP contribution in [0, 0.1) is 0 Å². The first-order valence-corrected chi connectivity index (χ1v) is 8.29. The van der Waals surface area contributed by atoms with Crippen molar-refractivity contribution in [2.45, 2.75) is 72.3 Å². The van der Waals surface area contributed by atoms with Gasteiger partial charge in [0.1, 0.15) is 0 Å². The van der Waals surface area contributed by atoms with Gasteiger partial charge in [-0.1, -0.05) is 45.9 Å². The lowest BCUT2D eigenvalue weighted by molar-refractivity contribution is -0.116. The fourth-order valence-corrected chi connectivity index (χ4v) is 2.45. The fraction of sp³-hybridized carbons (Fsp3) is 0.632. The standard InChI is InChI=1S/C19H32N2O/c1-13(2)15-9-8-10-16(14(3)4)18(15)21-17(22)11-12-20-19(5,6)7/h8-10,13-14,20H,11-12H2,1-7H3,(H,21,22). The van der Waals surface area contributed by atoms with Crippen LogP contribution in [0.3, 0.4) is 0 Å². The second kappa shape index (κ2) is 7.77. The van der Waals surface area contributed by atoms with E-state index in [4.69, 9.17) is 0 Å². The Morgan fingerprint density at radius 1 is 1.05 bits per heavy atom. The van der Waals surface area contributed by atoms with Crippen LogP contribution in [0.1, 0.15) is 77.8 Å². The van der Waals surface area contributed by atoms with E-state index in [1.54, 1.807) is 0 Å². The summed E-state index contributed by atoms with van der Waals surface area (Å²) in [4.78, 5) is 12.3. The van der Waals surface area contributed by atoms with Crippen LogP contribution in [0.2, 0.25) is 0 Å². The van der Waals surface area contributed by atoms with Crippen LogP contribution in [-0.2, 0) is 4.79 Å². The van der Waals surface area contributed by atoms with Gasteiger partial charge < -0.3 is 10.6 Å². The zero-order valence-corrected chi connectivity index (χ0v) is 15.2. The third-order valence-corrected chi connectivity index (χ3v) is 3.64. The van der Waals surface area contributed by atoms with Gasteiger partial charge in [-0.25, -0.2) is 0 Å². The van der Waals surface area contributed by atoms with Crippen LogP contribution in [0.25, 0.3) is 0 Å². The van der Waals surface area contributed by atoms with Crippen LogP contribution in [-0.4, -0.2) is 18.0 Å². The van der Waals surface area contributed by atoms with Gasteiger partial charge >= 0.3 is 0 Å². The number of carbonyl (C=O) groups excluding carboxylic acids is 1. The molecule has 0 unspecified atom stereocenters. The van der Waals surface area contributed by atoms with Crippen molar-refractivity contribution in [3.05, 3.63) is 29.3 Å². The molecule has 0 saturated carbocycles. The number of amides is 1. The molecule has 0 saturated heterocycles. The smallest absolute Gasteiger partial charge is 0.225 e. The molecule has 1 amide bonds. The maximum atomic E-state index is 12.3. The van der Waals surface area contributed by atoms with Crippen molar-refractivity contribution in [3.63, 3.8) is 0 Å². The quantitative estimate of drug-likeness (QED) is 0.803. The van der Waals surface area contributed by atoms with E-state index in [1.165, 1.54) is 11.1 Å². The highest BCUT2D eigenvalue weighted by Gasteiger charge is 2.16. The molecular formula is C19H32N2O. The lowest BCUT2D eigenvalue weighted by atomic mass is 9.92. The van der Waals surface area contributed by atoms with E-state index in [2.05, 4.69) is 77.3 Å². The van der Waals surface area contributed by atoms with Gasteiger partial charge in [0.15, 0.2) is 0 Å². The molecule has 0 heterocycles. The molecular weight excluding hydrogens is 272 g/mol. The van der Waals surface area contributed by atoms with Crippen LogP contribution in [0.4, 0.5) is 5.69 Å². The second-order valence-electron chi connectivity index (χ2n) is 7.60. The first-order valence-electron chi connectivity index (χ1n) is 8.29. The molecule has 0 bridgehead atoms. The van der Waals surface area contributed by atoms with Crippen LogP contribution < -0.4 is 10.6 Å². The van der Waals surface area contributed by atoms with Crippen LogP contribution in [0.5, 0.6) is 0 Å². The van der Waals surface area contributed by atoms with Gasteiger partial charge in [0.2, 0.25) is 5.91 Å². The molecule has 1 aromatic rings. The summed E-state index contributed by atoms with van der Waals surface area (Å²) in [6.07, 6.45) is 0.487. The zero-order valence-electron chi connectivity index (χ0n) is 15.2. The van der Waals surface area contributed by atoms with E-state index in [0.29, 0.717) is 24.8 Å². The molecule has 22 heavy (non-hydrogen) atoms. The van der Waals surface area contributed by atoms with E-state index in [9.17, 15) is 4.79 Å². The molecule has 0 aliphatic heterocycles. The molecule has 0 aliphatic carbocycles. The van der Waals surface area contributed by atoms with E-state index in [-0.39, 0.29) is 11.4 Å². The Bertz CT molecular complexity index is 472. The minimum Gasteiger partial charge on any atom is -0.326 e. The molecule has 124 valence electrons. The first-order chi connectivity index (χ1) is 10.1. The molecule has 0 aliphatic rings. The van der Waals surface area contributed by atoms with Crippen molar-refractivity contribution in [3.8, 4) is 0 Å². The number of nitrogens with one attached hydrogen (secondary N) is 2. The number of hydrogen-bond donors (Lipinski definition) is 2. The van der Waals surface area contributed by atoms with Crippen LogP contribution in [0.15, 0.2) is 18.2 Å². The maximum absolute atomic E-state index is 12.3. The SMILES string of the molecule is CC(C)c1cccc(C(C)C)c1NC(=O)CCNC(C)(C)C. The van der Waals surface area contributed by atoms with Crippen LogP contribution >= 0.6 is 0 Å². The Morgan fingerprint density at radius 2 is 1.55 bits per heavy atom. The molecule has 0 atom stereocenters. The number of benzene rings is 1. The van der Waals surface area contributed by atoms with Gasteiger partial charge in [0, 0.05) is 24.2 Å². The molecule has 1 aromatic carbocycles. The summed E-state index contributed by atoms with van der Waals surface area (Å²) in [6.45, 7) is 15.7. The number of carbonyl (C=O) groups is 1. The molecule has 0 spiro atoms. The Labute approximate surface area is 135 Å². The highest BCUT2D eigenvalue weighted by Crippen LogP contribution is 2.32. The third-order valence-electron chi connectivity index (χ3n) is 3.64. The third kappa shape index (κ3) is 5.80. The lowest BCUT2D eigenvalue weighted by Crippen LogP contribution is -2.37. The van der Waals surface area contributed by atoms with Gasteiger partial charge in [0.25, 0.3) is 0 Å². The van der Waals surface area contributed by atoms with Gasteiger partial charge in [-0.15, -0.1) is 0 Å². The Hall–Kier alpha value is -1.35. The highest BCUT2D eigenvalue weighted by molar-refractivity contribution is 5.92. The Morgan fingerprint density at radius 3 is 1.95 bits per heavy atom. The summed E-state index contributed by atoms with van der Waals surface area (Å²) in [5, 5.41) is 6.50. The minimum atomic E-state index is 0.0409. The lowest BCUT2D eigenvalue weighted by Gasteiger charge is -2.22. The topological polar surface area (TPSA) is 41.1 Å². The van der Waals surface area contributed by atoms with E-state index in [0.717, 1.165) is 5.69 Å². The zero-order chi connectivity index (χ0) is 16.9. The van der Waals surface area contributed by atoms with Crippen molar-refractivity contribution in [1.29, 1.82) is 0 Å². The minimum absolute atomic E-state index is 0.0409. The van der Waals surface area contributed by atoms with Crippen molar-refractivity contribution in [2.75, 3.05) is 11.9 Å². The Balaban J connectivity index is 2.85. The maximum Gasteiger partial charge on any atom is 0.225 e. The number of rotatable bonds is 6. The summed E-state index contributed by atoms with van der Waals surface area (Å²) in [5.41, 5.74) is 3.47. The summed E-state index contributed by atoms with van der Waals surface area (Å²) in [6, 6.07) is 6.31. The number of para-hydroxylation sites is 1. The van der Waals surface area contributed by atoms with Gasteiger partial charge in [-0.2, -0.15) is 0 Å². The predicted molar refractivity (Wildman–Crippen MR) is 95.6 cm³/mol. The molecule has 0 aromatic heterocycles. The van der Waals surface area contributed by atoms with Crippen molar-refractivity contribution < 1.29 is 4.79 Å². The largest absolute Gasteiger partial charge is 0.326 e. The predicted octanol–water partition coefficient (Wildman–Crippen LogP) is 4.65. The van der Waals surface area contributed by atoms with Gasteiger partial charge in [0.05, 0.1) is 0 Å².